The van der Waals surface area contributed by atoms with Gasteiger partial charge in [-0.2, -0.15) is 4.31 Å². The van der Waals surface area contributed by atoms with Crippen molar-refractivity contribution in [2.24, 2.45) is 0 Å². The molecule has 0 saturated heterocycles. The van der Waals surface area contributed by atoms with Gasteiger partial charge in [-0.25, -0.2) is 8.42 Å². The molecule has 0 fully saturated rings. The molecule has 1 atom stereocenters. The standard InChI is InChI=1S/C17H20N2O7S/c1-24-15-7-11-3-5-19(27(22,23)10-12-4-6-26-18-12)14(9-17(20)21)13(11)8-16(15)25-2/h4,6-8,14H,3,5,9-10H2,1-2H3,(H,20,21). The van der Waals surface area contributed by atoms with Crippen LogP contribution in [0.15, 0.2) is 29.0 Å². The Balaban J connectivity index is 2.03. The monoisotopic (exact) mass is 396 g/mol. The fourth-order valence-corrected chi connectivity index (χ4v) is 4.93. The van der Waals surface area contributed by atoms with E-state index in [0.717, 1.165) is 5.56 Å². The van der Waals surface area contributed by atoms with Crippen molar-refractivity contribution in [2.45, 2.75) is 24.6 Å². The quantitative estimate of drug-likeness (QED) is 0.749. The van der Waals surface area contributed by atoms with E-state index in [1.54, 1.807) is 12.1 Å². The number of sulfonamides is 1. The number of rotatable bonds is 7. The van der Waals surface area contributed by atoms with E-state index in [0.29, 0.717) is 23.5 Å². The summed E-state index contributed by atoms with van der Waals surface area (Å²) in [4.78, 5) is 11.4. The van der Waals surface area contributed by atoms with E-state index in [1.165, 1.54) is 30.9 Å². The van der Waals surface area contributed by atoms with Crippen molar-refractivity contribution in [2.75, 3.05) is 20.8 Å². The first-order valence-corrected chi connectivity index (χ1v) is 9.82. The second-order valence-corrected chi connectivity index (χ2v) is 8.05. The molecule has 1 aromatic carbocycles. The summed E-state index contributed by atoms with van der Waals surface area (Å²) in [5.41, 5.74) is 1.71. The first-order valence-electron chi connectivity index (χ1n) is 8.21. The SMILES string of the molecule is COc1cc2c(cc1OC)C(CC(=O)O)N(S(=O)(=O)Cc1ccon1)CC2. The van der Waals surface area contributed by atoms with Crippen LogP contribution in [0.2, 0.25) is 0 Å². The van der Waals surface area contributed by atoms with Crippen LogP contribution in [-0.4, -0.2) is 49.7 Å². The molecule has 1 aromatic heterocycles. The normalized spacial score (nSPS) is 17.3. The van der Waals surface area contributed by atoms with Crippen LogP contribution in [0.3, 0.4) is 0 Å². The number of aromatic nitrogens is 1. The van der Waals surface area contributed by atoms with Crippen molar-refractivity contribution in [3.8, 4) is 11.5 Å². The van der Waals surface area contributed by atoms with Crippen LogP contribution in [0.5, 0.6) is 11.5 Å². The van der Waals surface area contributed by atoms with Crippen molar-refractivity contribution in [3.63, 3.8) is 0 Å². The molecule has 9 nitrogen and oxygen atoms in total. The molecule has 1 aliphatic heterocycles. The maximum atomic E-state index is 12.9. The van der Waals surface area contributed by atoms with Gasteiger partial charge in [0.1, 0.15) is 12.0 Å². The van der Waals surface area contributed by atoms with Crippen molar-refractivity contribution in [1.29, 1.82) is 0 Å². The molecule has 1 unspecified atom stereocenters. The Kier molecular flexibility index (Phi) is 5.38. The minimum atomic E-state index is -3.80. The van der Waals surface area contributed by atoms with Crippen molar-refractivity contribution < 1.29 is 32.3 Å². The van der Waals surface area contributed by atoms with Crippen LogP contribution in [0.25, 0.3) is 0 Å². The van der Waals surface area contributed by atoms with E-state index in [-0.39, 0.29) is 24.4 Å². The van der Waals surface area contributed by atoms with Crippen molar-refractivity contribution in [3.05, 3.63) is 41.3 Å². The van der Waals surface area contributed by atoms with Crippen LogP contribution in [0.4, 0.5) is 0 Å². The highest BCUT2D eigenvalue weighted by Gasteiger charge is 2.38. The molecular weight excluding hydrogens is 376 g/mol. The number of carbonyl (C=O) groups is 1. The molecular formula is C17H20N2O7S. The summed E-state index contributed by atoms with van der Waals surface area (Å²) >= 11 is 0. The van der Waals surface area contributed by atoms with E-state index in [1.807, 2.05) is 0 Å². The molecule has 27 heavy (non-hydrogen) atoms. The second-order valence-electron chi connectivity index (χ2n) is 6.13. The van der Waals surface area contributed by atoms with Crippen molar-refractivity contribution >= 4 is 16.0 Å². The zero-order valence-corrected chi connectivity index (χ0v) is 15.7. The molecule has 1 N–H and O–H groups in total. The van der Waals surface area contributed by atoms with E-state index in [9.17, 15) is 18.3 Å². The lowest BCUT2D eigenvalue weighted by molar-refractivity contribution is -0.138. The molecule has 10 heteroatoms. The van der Waals surface area contributed by atoms with Gasteiger partial charge in [-0.15, -0.1) is 0 Å². The van der Waals surface area contributed by atoms with Crippen LogP contribution in [0, 0.1) is 0 Å². The average molecular weight is 396 g/mol. The highest BCUT2D eigenvalue weighted by molar-refractivity contribution is 7.88. The van der Waals surface area contributed by atoms with E-state index in [4.69, 9.17) is 14.0 Å². The Hall–Kier alpha value is -2.59. The van der Waals surface area contributed by atoms with Crippen molar-refractivity contribution in [1.82, 2.24) is 9.46 Å². The third kappa shape index (κ3) is 3.91. The number of ether oxygens (including phenoxy) is 2. The lowest BCUT2D eigenvalue weighted by atomic mass is 9.92. The predicted octanol–water partition coefficient (Wildman–Crippen LogP) is 1.60. The van der Waals surface area contributed by atoms with Gasteiger partial charge < -0.3 is 19.1 Å². The third-order valence-electron chi connectivity index (χ3n) is 4.50. The first kappa shape index (κ1) is 19.2. The van der Waals surface area contributed by atoms with Crippen LogP contribution >= 0.6 is 0 Å². The largest absolute Gasteiger partial charge is 0.493 e. The zero-order chi connectivity index (χ0) is 19.6. The summed E-state index contributed by atoms with van der Waals surface area (Å²) in [5, 5.41) is 13.0. The number of hydrogen-bond acceptors (Lipinski definition) is 7. The zero-order valence-electron chi connectivity index (χ0n) is 14.9. The van der Waals surface area contributed by atoms with E-state index < -0.39 is 22.0 Å². The topological polar surface area (TPSA) is 119 Å². The summed E-state index contributed by atoms with van der Waals surface area (Å²) in [5.74, 6) is -0.515. The van der Waals surface area contributed by atoms with Gasteiger partial charge in [-0.05, 0) is 29.7 Å². The number of carboxylic acids is 1. The maximum absolute atomic E-state index is 12.9. The third-order valence-corrected chi connectivity index (χ3v) is 6.31. The van der Waals surface area contributed by atoms with Crippen LogP contribution in [-0.2, 0) is 27.0 Å². The van der Waals surface area contributed by atoms with Gasteiger partial charge in [0.05, 0.1) is 32.4 Å². The molecule has 0 spiro atoms. The molecule has 0 amide bonds. The minimum Gasteiger partial charge on any atom is -0.493 e. The smallest absolute Gasteiger partial charge is 0.305 e. The highest BCUT2D eigenvalue weighted by atomic mass is 32.2. The number of nitrogens with zero attached hydrogens (tertiary/aromatic N) is 2. The molecule has 0 radical (unpaired) electrons. The summed E-state index contributed by atoms with van der Waals surface area (Å²) in [6, 6.07) is 4.04. The van der Waals surface area contributed by atoms with Gasteiger partial charge in [-0.3, -0.25) is 4.79 Å². The second kappa shape index (κ2) is 7.57. The predicted molar refractivity (Wildman–Crippen MR) is 94.1 cm³/mol. The number of methoxy groups -OCH3 is 2. The van der Waals surface area contributed by atoms with Crippen LogP contribution < -0.4 is 9.47 Å². The number of aliphatic carboxylic acids is 1. The maximum Gasteiger partial charge on any atom is 0.305 e. The number of benzene rings is 1. The first-order chi connectivity index (χ1) is 12.9. The Bertz CT molecular complexity index is 925. The molecule has 146 valence electrons. The Labute approximate surface area is 156 Å². The number of carboxylic acid groups (broad SMARTS) is 1. The van der Waals surface area contributed by atoms with Gasteiger partial charge in [0.15, 0.2) is 11.5 Å². The number of hydrogen-bond donors (Lipinski definition) is 1. The van der Waals surface area contributed by atoms with Gasteiger partial charge in [-0.1, -0.05) is 5.16 Å². The molecule has 2 aromatic rings. The number of fused-ring (bicyclic) bond motifs is 1. The molecule has 0 bridgehead atoms. The fraction of sp³-hybridized carbons (Fsp3) is 0.412. The lowest BCUT2D eigenvalue weighted by Crippen LogP contribution is -2.41. The summed E-state index contributed by atoms with van der Waals surface area (Å²) in [6.45, 7) is 0.167. The van der Waals surface area contributed by atoms with Gasteiger partial charge >= 0.3 is 5.97 Å². The van der Waals surface area contributed by atoms with E-state index >= 15 is 0 Å². The summed E-state index contributed by atoms with van der Waals surface area (Å²) < 4.78 is 42.4. The molecule has 3 rings (SSSR count). The summed E-state index contributed by atoms with van der Waals surface area (Å²) in [6.07, 6.45) is 1.37. The van der Waals surface area contributed by atoms with Gasteiger partial charge in [0, 0.05) is 12.6 Å². The highest BCUT2D eigenvalue weighted by Crippen LogP contribution is 2.40. The molecule has 0 saturated carbocycles. The molecule has 1 aliphatic rings. The van der Waals surface area contributed by atoms with Crippen LogP contribution in [0.1, 0.15) is 29.3 Å². The molecule has 2 heterocycles. The lowest BCUT2D eigenvalue weighted by Gasteiger charge is -2.36. The van der Waals surface area contributed by atoms with Gasteiger partial charge in [0.2, 0.25) is 10.0 Å². The molecule has 0 aliphatic carbocycles. The Morgan fingerprint density at radius 2 is 2.04 bits per heavy atom. The Morgan fingerprint density at radius 1 is 1.33 bits per heavy atom. The van der Waals surface area contributed by atoms with Gasteiger partial charge in [0.25, 0.3) is 0 Å². The average Bonchev–Trinajstić information content (AvgIpc) is 3.12. The minimum absolute atomic E-state index is 0.167. The Morgan fingerprint density at radius 3 is 2.63 bits per heavy atom. The summed E-state index contributed by atoms with van der Waals surface area (Å²) in [7, 11) is -0.823. The van der Waals surface area contributed by atoms with E-state index in [2.05, 4.69) is 5.16 Å². The fourth-order valence-electron chi connectivity index (χ4n) is 3.30.